The van der Waals surface area contributed by atoms with Crippen molar-refractivity contribution >= 4 is 17.7 Å². The molecule has 0 spiro atoms. The average Bonchev–Trinajstić information content (AvgIpc) is 2.65. The molecule has 0 aliphatic heterocycles. The van der Waals surface area contributed by atoms with Crippen molar-refractivity contribution in [1.82, 2.24) is 10.6 Å². The third kappa shape index (κ3) is 7.61. The van der Waals surface area contributed by atoms with Crippen molar-refractivity contribution in [3.8, 4) is 0 Å². The van der Waals surface area contributed by atoms with Crippen molar-refractivity contribution in [2.45, 2.75) is 38.8 Å². The third-order valence-corrected chi connectivity index (χ3v) is 3.90. The van der Waals surface area contributed by atoms with Crippen LogP contribution in [0.1, 0.15) is 36.7 Å². The molecule has 0 saturated heterocycles. The molecule has 8 heteroatoms. The highest BCUT2D eigenvalue weighted by Crippen LogP contribution is 2.12. The number of hydrogen-bond acceptors (Lipinski definition) is 5. The van der Waals surface area contributed by atoms with Gasteiger partial charge in [-0.1, -0.05) is 30.3 Å². The number of carbonyl (C=O) groups excluding carboxylic acids is 2. The fraction of sp³-hybridized carbons (Fsp3) is 0.333. The first-order chi connectivity index (χ1) is 13.6. The second kappa shape index (κ2) is 9.68. The molecule has 2 N–H and O–H groups in total. The lowest BCUT2D eigenvalue weighted by atomic mass is 10.1. The number of alkyl carbamates (subject to hydrolysis) is 1. The molecule has 0 radical (unpaired) electrons. The Labute approximate surface area is 169 Å². The van der Waals surface area contributed by atoms with E-state index in [4.69, 9.17) is 4.74 Å². The second-order valence-electron chi connectivity index (χ2n) is 7.55. The molecule has 0 bridgehead atoms. The van der Waals surface area contributed by atoms with Crippen molar-refractivity contribution in [2.75, 3.05) is 6.54 Å². The zero-order chi connectivity index (χ0) is 21.4. The Hall–Kier alpha value is -3.42. The lowest BCUT2D eigenvalue weighted by Crippen LogP contribution is -2.46. The van der Waals surface area contributed by atoms with E-state index < -0.39 is 22.7 Å². The summed E-state index contributed by atoms with van der Waals surface area (Å²) in [5, 5.41) is 16.3. The van der Waals surface area contributed by atoms with Gasteiger partial charge in [-0.3, -0.25) is 14.9 Å². The maximum atomic E-state index is 12.4. The first-order valence-corrected chi connectivity index (χ1v) is 9.20. The van der Waals surface area contributed by atoms with Gasteiger partial charge in [0.05, 0.1) is 11.0 Å². The van der Waals surface area contributed by atoms with Gasteiger partial charge in [-0.25, -0.2) is 4.79 Å². The highest BCUT2D eigenvalue weighted by molar-refractivity contribution is 5.94. The number of rotatable bonds is 7. The summed E-state index contributed by atoms with van der Waals surface area (Å²) < 4.78 is 5.31. The minimum absolute atomic E-state index is 0.0879. The predicted molar refractivity (Wildman–Crippen MR) is 109 cm³/mol. The van der Waals surface area contributed by atoms with Gasteiger partial charge < -0.3 is 15.4 Å². The molecule has 2 amide bonds. The molecule has 2 rings (SSSR count). The molecule has 0 aromatic heterocycles. The maximum Gasteiger partial charge on any atom is 0.407 e. The number of non-ortho nitro benzene ring substituents is 1. The molecule has 0 heterocycles. The second-order valence-corrected chi connectivity index (χ2v) is 7.55. The van der Waals surface area contributed by atoms with E-state index in [2.05, 4.69) is 10.6 Å². The van der Waals surface area contributed by atoms with Crippen LogP contribution in [0.4, 0.5) is 10.5 Å². The van der Waals surface area contributed by atoms with Crippen LogP contribution < -0.4 is 10.6 Å². The van der Waals surface area contributed by atoms with Gasteiger partial charge in [0.25, 0.3) is 11.6 Å². The fourth-order valence-corrected chi connectivity index (χ4v) is 2.60. The summed E-state index contributed by atoms with van der Waals surface area (Å²) in [7, 11) is 0. The zero-order valence-corrected chi connectivity index (χ0v) is 16.7. The predicted octanol–water partition coefficient (Wildman–Crippen LogP) is 3.46. The van der Waals surface area contributed by atoms with Crippen LogP contribution in [0.25, 0.3) is 0 Å². The first kappa shape index (κ1) is 21.9. The molecule has 1 unspecified atom stereocenters. The van der Waals surface area contributed by atoms with Gasteiger partial charge in [0.15, 0.2) is 0 Å². The number of nitrogens with zero attached hydrogens (tertiary/aromatic N) is 1. The van der Waals surface area contributed by atoms with E-state index in [-0.39, 0.29) is 18.1 Å². The summed E-state index contributed by atoms with van der Waals surface area (Å²) in [6.45, 7) is 5.49. The molecule has 0 aliphatic carbocycles. The fourth-order valence-electron chi connectivity index (χ4n) is 2.60. The van der Waals surface area contributed by atoms with Gasteiger partial charge in [0.2, 0.25) is 0 Å². The zero-order valence-electron chi connectivity index (χ0n) is 16.7. The van der Waals surface area contributed by atoms with Crippen molar-refractivity contribution < 1.29 is 19.2 Å². The molecule has 0 saturated carbocycles. The molecular formula is C21H25N3O5. The van der Waals surface area contributed by atoms with Gasteiger partial charge in [-0.05, 0) is 44.9 Å². The summed E-state index contributed by atoms with van der Waals surface area (Å²) in [5.41, 5.74) is 0.572. The SMILES string of the molecule is CC(C)(C)OC(=O)NC(CNC(=O)c1ccc([N+](=O)[O-])cc1)Cc1ccccc1. The Morgan fingerprint density at radius 2 is 1.69 bits per heavy atom. The Kier molecular flexibility index (Phi) is 7.30. The van der Waals surface area contributed by atoms with Crippen molar-refractivity contribution in [1.29, 1.82) is 0 Å². The van der Waals surface area contributed by atoms with Gasteiger partial charge in [-0.2, -0.15) is 0 Å². The number of benzene rings is 2. The van der Waals surface area contributed by atoms with E-state index in [1.807, 2.05) is 30.3 Å². The van der Waals surface area contributed by atoms with Crippen LogP contribution in [0.3, 0.4) is 0 Å². The number of carbonyl (C=O) groups is 2. The third-order valence-electron chi connectivity index (χ3n) is 3.90. The molecule has 1 atom stereocenters. The molecule has 0 fully saturated rings. The molecule has 154 valence electrons. The van der Waals surface area contributed by atoms with Crippen molar-refractivity contribution in [3.63, 3.8) is 0 Å². The lowest BCUT2D eigenvalue weighted by molar-refractivity contribution is -0.384. The topological polar surface area (TPSA) is 111 Å². The maximum absolute atomic E-state index is 12.4. The summed E-state index contributed by atoms with van der Waals surface area (Å²) in [6, 6.07) is 14.5. The van der Waals surface area contributed by atoms with E-state index in [0.717, 1.165) is 5.56 Å². The number of ether oxygens (including phenoxy) is 1. The normalized spacial score (nSPS) is 12.0. The number of nitro benzene ring substituents is 1. The van der Waals surface area contributed by atoms with E-state index in [9.17, 15) is 19.7 Å². The standard InChI is InChI=1S/C21H25N3O5/c1-21(2,3)29-20(26)23-17(13-15-7-5-4-6-8-15)14-22-19(25)16-9-11-18(12-10-16)24(27)28/h4-12,17H,13-14H2,1-3H3,(H,22,25)(H,23,26). The molecule has 0 aliphatic rings. The van der Waals surface area contributed by atoms with Gasteiger partial charge >= 0.3 is 6.09 Å². The van der Waals surface area contributed by atoms with Crippen molar-refractivity contribution in [3.05, 3.63) is 75.8 Å². The quantitative estimate of drug-likeness (QED) is 0.547. The summed E-state index contributed by atoms with van der Waals surface area (Å²) in [5.74, 6) is -0.385. The Balaban J connectivity index is 2.02. The van der Waals surface area contributed by atoms with Crippen LogP contribution in [-0.4, -0.2) is 35.1 Å². The Morgan fingerprint density at radius 3 is 2.24 bits per heavy atom. The van der Waals surface area contributed by atoms with Crippen molar-refractivity contribution in [2.24, 2.45) is 0 Å². The monoisotopic (exact) mass is 399 g/mol. The average molecular weight is 399 g/mol. The van der Waals surface area contributed by atoms with E-state index in [0.29, 0.717) is 12.0 Å². The summed E-state index contributed by atoms with van der Waals surface area (Å²) >= 11 is 0. The smallest absolute Gasteiger partial charge is 0.407 e. The van der Waals surface area contributed by atoms with Crippen LogP contribution >= 0.6 is 0 Å². The number of hydrogen-bond donors (Lipinski definition) is 2. The van der Waals surface area contributed by atoms with Crippen LogP contribution in [0.15, 0.2) is 54.6 Å². The minimum atomic E-state index is -0.636. The first-order valence-electron chi connectivity index (χ1n) is 9.20. The van der Waals surface area contributed by atoms with Crippen LogP contribution in [-0.2, 0) is 11.2 Å². The minimum Gasteiger partial charge on any atom is -0.444 e. The number of amides is 2. The van der Waals surface area contributed by atoms with Gasteiger partial charge in [-0.15, -0.1) is 0 Å². The van der Waals surface area contributed by atoms with Gasteiger partial charge in [0, 0.05) is 24.2 Å². The van der Waals surface area contributed by atoms with Crippen LogP contribution in [0.5, 0.6) is 0 Å². The highest BCUT2D eigenvalue weighted by Gasteiger charge is 2.20. The highest BCUT2D eigenvalue weighted by atomic mass is 16.6. The Bertz CT molecular complexity index is 845. The van der Waals surface area contributed by atoms with E-state index in [1.165, 1.54) is 24.3 Å². The molecule has 29 heavy (non-hydrogen) atoms. The molecule has 2 aromatic rings. The largest absolute Gasteiger partial charge is 0.444 e. The number of nitrogens with one attached hydrogen (secondary N) is 2. The van der Waals surface area contributed by atoms with Gasteiger partial charge in [0.1, 0.15) is 5.60 Å². The van der Waals surface area contributed by atoms with Crippen LogP contribution in [0, 0.1) is 10.1 Å². The van der Waals surface area contributed by atoms with Crippen LogP contribution in [0.2, 0.25) is 0 Å². The molecule has 2 aromatic carbocycles. The summed E-state index contributed by atoms with van der Waals surface area (Å²) in [4.78, 5) is 34.7. The van der Waals surface area contributed by atoms with E-state index >= 15 is 0 Å². The molecule has 8 nitrogen and oxygen atoms in total. The number of nitro groups is 1. The lowest BCUT2D eigenvalue weighted by Gasteiger charge is -2.24. The summed E-state index contributed by atoms with van der Waals surface area (Å²) in [6.07, 6.45) is -0.0660. The van der Waals surface area contributed by atoms with E-state index in [1.54, 1.807) is 20.8 Å². The Morgan fingerprint density at radius 1 is 1.07 bits per heavy atom. The molecular weight excluding hydrogens is 374 g/mol.